The van der Waals surface area contributed by atoms with E-state index >= 15 is 0 Å². The third-order valence-corrected chi connectivity index (χ3v) is 6.88. The quantitative estimate of drug-likeness (QED) is 0.320. The van der Waals surface area contributed by atoms with E-state index in [1.54, 1.807) is 6.92 Å². The second-order valence-corrected chi connectivity index (χ2v) is 9.62. The zero-order valence-electron chi connectivity index (χ0n) is 21.1. The number of aliphatic hydroxyl groups is 1. The Morgan fingerprint density at radius 1 is 1.11 bits per heavy atom. The number of aromatic nitrogens is 2. The molecule has 2 aliphatic rings. The number of likely N-dealkylation sites (tertiary alicyclic amines) is 1. The van der Waals surface area contributed by atoms with Crippen LogP contribution in [-0.4, -0.2) is 59.3 Å². The van der Waals surface area contributed by atoms with Crippen molar-refractivity contribution in [3.05, 3.63) is 60.5 Å². The lowest BCUT2D eigenvalue weighted by Crippen LogP contribution is -2.40. The summed E-state index contributed by atoms with van der Waals surface area (Å²) >= 11 is 0. The number of allylic oxidation sites excluding steroid dienone is 1. The van der Waals surface area contributed by atoms with E-state index in [4.69, 9.17) is 23.0 Å². The van der Waals surface area contributed by atoms with Gasteiger partial charge in [-0.3, -0.25) is 0 Å². The molecule has 6 rings (SSSR count). The fourth-order valence-corrected chi connectivity index (χ4v) is 4.91. The van der Waals surface area contributed by atoms with Crippen LogP contribution in [0.25, 0.3) is 28.2 Å². The number of halogens is 1. The highest BCUT2D eigenvalue weighted by atomic mass is 35.5. The molecule has 2 aromatic carbocycles. The fraction of sp³-hybridized carbons (Fsp3) is 0.357. The Labute approximate surface area is 226 Å². The van der Waals surface area contributed by atoms with Gasteiger partial charge in [-0.15, -0.1) is 22.6 Å². The Balaban J connectivity index is 0.00000294. The summed E-state index contributed by atoms with van der Waals surface area (Å²) in [5, 5.41) is 19.5. The number of aliphatic hydroxyl groups excluding tert-OH is 1. The van der Waals surface area contributed by atoms with Crippen molar-refractivity contribution in [3.63, 3.8) is 0 Å². The minimum absolute atomic E-state index is 0. The first-order valence-corrected chi connectivity index (χ1v) is 12.5. The minimum Gasteiger partial charge on any atom is -0.490 e. The van der Waals surface area contributed by atoms with E-state index in [1.165, 1.54) is 5.56 Å². The third-order valence-electron chi connectivity index (χ3n) is 6.88. The summed E-state index contributed by atoms with van der Waals surface area (Å²) in [6.45, 7) is 8.50. The van der Waals surface area contributed by atoms with Crippen molar-refractivity contribution in [2.24, 2.45) is 0 Å². The topological polar surface area (TPSA) is 103 Å². The Kier molecular flexibility index (Phi) is 7.60. The Morgan fingerprint density at radius 3 is 2.71 bits per heavy atom. The largest absolute Gasteiger partial charge is 0.490 e. The molecule has 0 bridgehead atoms. The molecule has 9 nitrogen and oxygen atoms in total. The maximum absolute atomic E-state index is 10.7. The standard InChI is InChI=1S/C28H29N3O6.ClH/c1-17(2)27-29-30-28(37-27)26-13-21-22(4-3-5-23(21)36-26)33-15-20(32)14-31-10-8-18(9-11-31)19-6-7-24-25(12-19)35-16-34-24;/h3-7,12-13,18,20,32H,1,8-11,14-16H2,2H3;1H/t20-;/m0./s1. The minimum atomic E-state index is -0.613. The number of furan rings is 1. The van der Waals surface area contributed by atoms with E-state index in [1.807, 2.05) is 30.3 Å². The maximum Gasteiger partial charge on any atom is 0.283 e. The van der Waals surface area contributed by atoms with Gasteiger partial charge in [-0.1, -0.05) is 18.7 Å². The van der Waals surface area contributed by atoms with Crippen LogP contribution in [0.1, 0.15) is 37.1 Å². The molecule has 1 saturated heterocycles. The van der Waals surface area contributed by atoms with Crippen molar-refractivity contribution >= 4 is 28.9 Å². The van der Waals surface area contributed by atoms with Gasteiger partial charge < -0.3 is 33.1 Å². The Bertz CT molecular complexity index is 1430. The van der Waals surface area contributed by atoms with Gasteiger partial charge in [0.25, 0.3) is 5.89 Å². The molecular formula is C28H30ClN3O6. The molecule has 0 radical (unpaired) electrons. The van der Waals surface area contributed by atoms with Gasteiger partial charge in [-0.05, 0) is 68.6 Å². The fourth-order valence-electron chi connectivity index (χ4n) is 4.91. The molecule has 10 heteroatoms. The van der Waals surface area contributed by atoms with Crippen molar-refractivity contribution in [3.8, 4) is 28.9 Å². The number of ether oxygens (including phenoxy) is 3. The second-order valence-electron chi connectivity index (χ2n) is 9.62. The third kappa shape index (κ3) is 5.36. The average molecular weight is 540 g/mol. The van der Waals surface area contributed by atoms with Gasteiger partial charge in [0.2, 0.25) is 12.7 Å². The lowest BCUT2D eigenvalue weighted by Gasteiger charge is -2.33. The molecule has 200 valence electrons. The molecule has 2 aliphatic heterocycles. The molecule has 0 spiro atoms. The number of rotatable bonds is 8. The van der Waals surface area contributed by atoms with E-state index in [0.717, 1.165) is 42.8 Å². The molecule has 1 N–H and O–H groups in total. The van der Waals surface area contributed by atoms with Gasteiger partial charge in [-0.2, -0.15) is 0 Å². The van der Waals surface area contributed by atoms with Crippen LogP contribution in [0.4, 0.5) is 0 Å². The van der Waals surface area contributed by atoms with E-state index < -0.39 is 6.10 Å². The summed E-state index contributed by atoms with van der Waals surface area (Å²) in [6, 6.07) is 13.6. The van der Waals surface area contributed by atoms with Gasteiger partial charge in [0.05, 0.1) is 5.39 Å². The predicted octanol–water partition coefficient (Wildman–Crippen LogP) is 5.29. The maximum atomic E-state index is 10.7. The number of nitrogens with zero attached hydrogens (tertiary/aromatic N) is 3. The Hall–Kier alpha value is -3.53. The van der Waals surface area contributed by atoms with E-state index in [2.05, 4.69) is 33.8 Å². The van der Waals surface area contributed by atoms with Crippen molar-refractivity contribution in [1.82, 2.24) is 15.1 Å². The van der Waals surface area contributed by atoms with Crippen LogP contribution in [0.3, 0.4) is 0 Å². The monoisotopic (exact) mass is 539 g/mol. The van der Waals surface area contributed by atoms with E-state index in [-0.39, 0.29) is 24.9 Å². The molecule has 0 aliphatic carbocycles. The van der Waals surface area contributed by atoms with Crippen LogP contribution >= 0.6 is 12.4 Å². The molecule has 2 aromatic heterocycles. The molecule has 38 heavy (non-hydrogen) atoms. The van der Waals surface area contributed by atoms with Gasteiger partial charge in [0, 0.05) is 18.2 Å². The van der Waals surface area contributed by atoms with Crippen LogP contribution in [-0.2, 0) is 0 Å². The summed E-state index contributed by atoms with van der Waals surface area (Å²) in [7, 11) is 0. The highest BCUT2D eigenvalue weighted by molar-refractivity contribution is 5.87. The van der Waals surface area contributed by atoms with Crippen LogP contribution < -0.4 is 14.2 Å². The van der Waals surface area contributed by atoms with Gasteiger partial charge >= 0.3 is 0 Å². The predicted molar refractivity (Wildman–Crippen MR) is 144 cm³/mol. The molecule has 4 aromatic rings. The first kappa shape index (κ1) is 26.1. The summed E-state index contributed by atoms with van der Waals surface area (Å²) < 4.78 is 28.5. The molecule has 1 fully saturated rings. The van der Waals surface area contributed by atoms with Crippen LogP contribution in [0.15, 0.2) is 57.9 Å². The number of piperidine rings is 1. The zero-order chi connectivity index (χ0) is 25.4. The summed E-state index contributed by atoms with van der Waals surface area (Å²) in [5.74, 6) is 3.88. The van der Waals surface area contributed by atoms with Crippen molar-refractivity contribution < 1.29 is 28.2 Å². The molecule has 4 heterocycles. The van der Waals surface area contributed by atoms with Crippen LogP contribution in [0.5, 0.6) is 17.2 Å². The lowest BCUT2D eigenvalue weighted by molar-refractivity contribution is 0.0599. The SMILES string of the molecule is C=C(C)c1nnc(-c2cc3c(OC[C@@H](O)CN4CCC(c5ccc6c(c5)OCO6)CC4)cccc3o2)o1.Cl. The normalized spacial score (nSPS) is 16.4. The van der Waals surface area contributed by atoms with Gasteiger partial charge in [0.1, 0.15) is 24.0 Å². The highest BCUT2D eigenvalue weighted by Gasteiger charge is 2.24. The highest BCUT2D eigenvalue weighted by Crippen LogP contribution is 2.37. The molecule has 0 saturated carbocycles. The van der Waals surface area contributed by atoms with Crippen molar-refractivity contribution in [1.29, 1.82) is 0 Å². The first-order chi connectivity index (χ1) is 18.0. The van der Waals surface area contributed by atoms with E-state index in [9.17, 15) is 5.11 Å². The average Bonchev–Trinajstić information content (AvgIpc) is 3.66. The first-order valence-electron chi connectivity index (χ1n) is 12.5. The summed E-state index contributed by atoms with van der Waals surface area (Å²) in [4.78, 5) is 2.29. The molecule has 0 amide bonds. The lowest BCUT2D eigenvalue weighted by atomic mass is 9.89. The smallest absolute Gasteiger partial charge is 0.283 e. The van der Waals surface area contributed by atoms with Gasteiger partial charge in [0.15, 0.2) is 17.3 Å². The summed E-state index contributed by atoms with van der Waals surface area (Å²) in [6.07, 6.45) is 1.46. The van der Waals surface area contributed by atoms with Crippen LogP contribution in [0.2, 0.25) is 0 Å². The zero-order valence-corrected chi connectivity index (χ0v) is 21.9. The number of β-amino-alcohol motifs (C(OH)–C–C–N with tert-alkyl or cyclic N) is 1. The van der Waals surface area contributed by atoms with Gasteiger partial charge in [-0.25, -0.2) is 0 Å². The van der Waals surface area contributed by atoms with Crippen LogP contribution in [0, 0.1) is 0 Å². The number of fused-ring (bicyclic) bond motifs is 2. The second kappa shape index (κ2) is 11.1. The number of benzene rings is 2. The van der Waals surface area contributed by atoms with Crippen molar-refractivity contribution in [2.45, 2.75) is 31.8 Å². The summed E-state index contributed by atoms with van der Waals surface area (Å²) in [5.41, 5.74) is 2.62. The number of hydrogen-bond donors (Lipinski definition) is 1. The number of hydrogen-bond acceptors (Lipinski definition) is 9. The Morgan fingerprint density at radius 2 is 1.92 bits per heavy atom. The molecular weight excluding hydrogens is 510 g/mol. The molecule has 0 unspecified atom stereocenters. The van der Waals surface area contributed by atoms with E-state index in [0.29, 0.717) is 47.8 Å². The molecule has 1 atom stereocenters. The van der Waals surface area contributed by atoms with Crippen molar-refractivity contribution in [2.75, 3.05) is 33.0 Å².